The quantitative estimate of drug-likeness (QED) is 0.595. The molecule has 7 nitrogen and oxygen atoms in total. The van der Waals surface area contributed by atoms with Crippen LogP contribution in [0.4, 0.5) is 5.69 Å². The van der Waals surface area contributed by atoms with Crippen LogP contribution in [0.25, 0.3) is 10.9 Å². The zero-order valence-electron chi connectivity index (χ0n) is 8.57. The summed E-state index contributed by atoms with van der Waals surface area (Å²) in [5, 5.41) is 21.7. The van der Waals surface area contributed by atoms with Gasteiger partial charge in [0.05, 0.1) is 15.8 Å². The number of pyridine rings is 1. The zero-order chi connectivity index (χ0) is 12.4. The van der Waals surface area contributed by atoms with Gasteiger partial charge in [-0.1, -0.05) is 0 Å². The van der Waals surface area contributed by atoms with E-state index in [1.807, 2.05) is 0 Å². The van der Waals surface area contributed by atoms with E-state index >= 15 is 0 Å². The predicted molar refractivity (Wildman–Crippen MR) is 59.1 cm³/mol. The molecule has 1 aromatic heterocycles. The summed E-state index contributed by atoms with van der Waals surface area (Å²) in [5.41, 5.74) is 0.291. The molecule has 0 amide bonds. The molecule has 0 atom stereocenters. The Morgan fingerprint density at radius 2 is 1.94 bits per heavy atom. The Balaban J connectivity index is 2.72. The molecule has 2 aromatic rings. The Labute approximate surface area is 95.0 Å². The Morgan fingerprint density at radius 1 is 1.18 bits per heavy atom. The molecule has 0 unspecified atom stereocenters. The third kappa shape index (κ3) is 2.03. The maximum absolute atomic E-state index is 11.0. The Kier molecular flexibility index (Phi) is 2.65. The number of nitro benzene ring substituents is 1. The molecule has 0 aliphatic carbocycles. The highest BCUT2D eigenvalue weighted by Crippen LogP contribution is 2.28. The number of nitro groups is 2. The average molecular weight is 233 g/mol. The molecule has 0 saturated carbocycles. The summed E-state index contributed by atoms with van der Waals surface area (Å²) in [6.07, 6.45) is 1.51. The zero-order valence-corrected chi connectivity index (χ0v) is 8.57. The van der Waals surface area contributed by atoms with E-state index in [0.29, 0.717) is 10.9 Å². The molecule has 0 fully saturated rings. The molecule has 0 aliphatic rings. The van der Waals surface area contributed by atoms with Crippen LogP contribution in [0.15, 0.2) is 30.5 Å². The van der Waals surface area contributed by atoms with Gasteiger partial charge in [0.2, 0.25) is 6.54 Å². The van der Waals surface area contributed by atoms with E-state index in [1.165, 1.54) is 18.3 Å². The average Bonchev–Trinajstić information content (AvgIpc) is 2.27. The second-order valence-electron chi connectivity index (χ2n) is 3.39. The van der Waals surface area contributed by atoms with Gasteiger partial charge >= 0.3 is 0 Å². The highest BCUT2D eigenvalue weighted by atomic mass is 16.6. The number of hydrogen-bond donors (Lipinski definition) is 0. The fourth-order valence-electron chi connectivity index (χ4n) is 1.66. The molecule has 86 valence electrons. The third-order valence-electron chi connectivity index (χ3n) is 2.32. The maximum Gasteiger partial charge on any atom is 0.288 e. The molecular formula is C10H7N3O4. The molecule has 0 N–H and O–H groups in total. The van der Waals surface area contributed by atoms with Crippen molar-refractivity contribution >= 4 is 16.6 Å². The van der Waals surface area contributed by atoms with Crippen molar-refractivity contribution in [2.24, 2.45) is 0 Å². The minimum Gasteiger partial charge on any atom is -0.264 e. The first-order chi connectivity index (χ1) is 8.09. The summed E-state index contributed by atoms with van der Waals surface area (Å²) in [7, 11) is 0. The second-order valence-corrected chi connectivity index (χ2v) is 3.39. The van der Waals surface area contributed by atoms with Crippen LogP contribution in [-0.2, 0) is 6.54 Å². The van der Waals surface area contributed by atoms with Crippen LogP contribution in [0.2, 0.25) is 0 Å². The van der Waals surface area contributed by atoms with E-state index in [4.69, 9.17) is 0 Å². The molecule has 1 heterocycles. The van der Waals surface area contributed by atoms with Crippen LogP contribution < -0.4 is 0 Å². The number of hydrogen-bond acceptors (Lipinski definition) is 5. The number of rotatable bonds is 3. The first kappa shape index (κ1) is 10.9. The summed E-state index contributed by atoms with van der Waals surface area (Å²) in [5.74, 6) is 0. The molecule has 17 heavy (non-hydrogen) atoms. The molecule has 1 aromatic carbocycles. The van der Waals surface area contributed by atoms with E-state index in [1.54, 1.807) is 12.1 Å². The van der Waals surface area contributed by atoms with Gasteiger partial charge in [0.25, 0.3) is 5.69 Å². The largest absolute Gasteiger partial charge is 0.288 e. The van der Waals surface area contributed by atoms with Crippen molar-refractivity contribution in [2.75, 3.05) is 0 Å². The van der Waals surface area contributed by atoms with E-state index in [2.05, 4.69) is 4.98 Å². The molecule has 0 spiro atoms. The lowest BCUT2D eigenvalue weighted by molar-refractivity contribution is -0.498. The predicted octanol–water partition coefficient (Wildman–Crippen LogP) is 1.92. The number of nitrogens with zero attached hydrogens (tertiary/aromatic N) is 3. The lowest BCUT2D eigenvalue weighted by Gasteiger charge is -2.02. The lowest BCUT2D eigenvalue weighted by Crippen LogP contribution is -2.03. The number of fused-ring (bicyclic) bond motifs is 1. The fraction of sp³-hybridized carbons (Fsp3) is 0.100. The SMILES string of the molecule is O=[N+]([O-])Cc1ccc2ncccc2c1[N+](=O)[O-]. The van der Waals surface area contributed by atoms with Crippen LogP contribution in [-0.4, -0.2) is 14.8 Å². The van der Waals surface area contributed by atoms with Crippen LogP contribution in [0, 0.1) is 20.2 Å². The third-order valence-corrected chi connectivity index (χ3v) is 2.32. The van der Waals surface area contributed by atoms with Crippen molar-refractivity contribution in [3.63, 3.8) is 0 Å². The van der Waals surface area contributed by atoms with Gasteiger partial charge in [0, 0.05) is 11.1 Å². The summed E-state index contributed by atoms with van der Waals surface area (Å²) in [6.45, 7) is -0.568. The normalized spacial score (nSPS) is 10.4. The molecule has 7 heteroatoms. The molecule has 2 rings (SSSR count). The Morgan fingerprint density at radius 3 is 2.59 bits per heavy atom. The maximum atomic E-state index is 11.0. The lowest BCUT2D eigenvalue weighted by atomic mass is 10.1. The second kappa shape index (κ2) is 4.12. The minimum atomic E-state index is -0.608. The fourth-order valence-corrected chi connectivity index (χ4v) is 1.66. The first-order valence-corrected chi connectivity index (χ1v) is 4.72. The van der Waals surface area contributed by atoms with Crippen molar-refractivity contribution in [3.05, 3.63) is 56.3 Å². The van der Waals surface area contributed by atoms with E-state index in [-0.39, 0.29) is 11.3 Å². The monoisotopic (exact) mass is 233 g/mol. The topological polar surface area (TPSA) is 99.2 Å². The van der Waals surface area contributed by atoms with Crippen molar-refractivity contribution in [2.45, 2.75) is 6.54 Å². The van der Waals surface area contributed by atoms with E-state index in [9.17, 15) is 20.2 Å². The number of aromatic nitrogens is 1. The molecular weight excluding hydrogens is 226 g/mol. The van der Waals surface area contributed by atoms with Gasteiger partial charge in [-0.05, 0) is 24.3 Å². The van der Waals surface area contributed by atoms with Gasteiger partial charge in [-0.15, -0.1) is 0 Å². The van der Waals surface area contributed by atoms with Crippen LogP contribution in [0.1, 0.15) is 5.56 Å². The van der Waals surface area contributed by atoms with E-state index in [0.717, 1.165) is 0 Å². The van der Waals surface area contributed by atoms with Crippen molar-refractivity contribution < 1.29 is 9.85 Å². The molecule has 0 saturated heterocycles. The highest BCUT2D eigenvalue weighted by molar-refractivity contribution is 5.89. The van der Waals surface area contributed by atoms with Gasteiger partial charge < -0.3 is 0 Å². The first-order valence-electron chi connectivity index (χ1n) is 4.72. The highest BCUT2D eigenvalue weighted by Gasteiger charge is 2.21. The van der Waals surface area contributed by atoms with Crippen LogP contribution >= 0.6 is 0 Å². The van der Waals surface area contributed by atoms with Crippen molar-refractivity contribution in [1.29, 1.82) is 0 Å². The standard InChI is InChI=1S/C10H7N3O4/c14-12(15)6-7-3-4-9-8(2-1-5-11-9)10(7)13(16)17/h1-5H,6H2. The van der Waals surface area contributed by atoms with Crippen molar-refractivity contribution in [3.8, 4) is 0 Å². The Bertz CT molecular complexity index is 612. The molecule has 0 bridgehead atoms. The molecule has 0 radical (unpaired) electrons. The molecule has 0 aliphatic heterocycles. The van der Waals surface area contributed by atoms with Gasteiger partial charge in [-0.3, -0.25) is 25.2 Å². The van der Waals surface area contributed by atoms with Crippen molar-refractivity contribution in [1.82, 2.24) is 4.98 Å². The van der Waals surface area contributed by atoms with Gasteiger partial charge in [-0.2, -0.15) is 0 Å². The number of benzene rings is 1. The summed E-state index contributed by atoms with van der Waals surface area (Å²) < 4.78 is 0. The minimum absolute atomic E-state index is 0.0838. The summed E-state index contributed by atoms with van der Waals surface area (Å²) in [6, 6.07) is 6.01. The van der Waals surface area contributed by atoms with E-state index < -0.39 is 16.4 Å². The summed E-state index contributed by atoms with van der Waals surface area (Å²) >= 11 is 0. The van der Waals surface area contributed by atoms with Crippen LogP contribution in [0.3, 0.4) is 0 Å². The van der Waals surface area contributed by atoms with Crippen LogP contribution in [0.5, 0.6) is 0 Å². The van der Waals surface area contributed by atoms with Gasteiger partial charge in [0.15, 0.2) is 0 Å². The summed E-state index contributed by atoms with van der Waals surface area (Å²) in [4.78, 5) is 24.2. The Hall–Kier alpha value is -2.57. The van der Waals surface area contributed by atoms with Gasteiger partial charge in [-0.25, -0.2) is 0 Å². The smallest absolute Gasteiger partial charge is 0.264 e. The van der Waals surface area contributed by atoms with Gasteiger partial charge in [0.1, 0.15) is 5.56 Å².